The summed E-state index contributed by atoms with van der Waals surface area (Å²) in [6, 6.07) is 8.82. The lowest BCUT2D eigenvalue weighted by Gasteiger charge is -2.35. The van der Waals surface area contributed by atoms with Crippen molar-refractivity contribution in [2.45, 2.75) is 44.8 Å². The van der Waals surface area contributed by atoms with Gasteiger partial charge >= 0.3 is 0 Å². The first-order valence-corrected chi connectivity index (χ1v) is 7.03. The van der Waals surface area contributed by atoms with E-state index in [4.69, 9.17) is 9.15 Å². The molecule has 1 fully saturated rings. The molecule has 19 heavy (non-hydrogen) atoms. The summed E-state index contributed by atoms with van der Waals surface area (Å²) in [6.07, 6.45) is 2.54. The topological polar surface area (TPSA) is 34.4 Å². The van der Waals surface area contributed by atoms with Gasteiger partial charge in [-0.1, -0.05) is 13.8 Å². The van der Waals surface area contributed by atoms with Crippen molar-refractivity contribution in [1.29, 1.82) is 0 Å². The molecule has 0 aliphatic heterocycles. The largest absolute Gasteiger partial charge is 0.490 e. The highest BCUT2D eigenvalue weighted by molar-refractivity contribution is 5.79. The Morgan fingerprint density at radius 2 is 2.05 bits per heavy atom. The van der Waals surface area contributed by atoms with Gasteiger partial charge in [0.1, 0.15) is 23.2 Å². The molecule has 1 saturated carbocycles. The molecule has 1 aromatic carbocycles. The molecular weight excluding hydrogens is 238 g/mol. The Morgan fingerprint density at radius 3 is 2.74 bits per heavy atom. The number of hydrogen-bond acceptors (Lipinski definition) is 3. The number of benzene rings is 1. The predicted molar refractivity (Wildman–Crippen MR) is 76.8 cm³/mol. The summed E-state index contributed by atoms with van der Waals surface area (Å²) in [7, 11) is 2.01. The minimum atomic E-state index is 0.353. The maximum Gasteiger partial charge on any atom is 0.134 e. The van der Waals surface area contributed by atoms with Gasteiger partial charge in [-0.15, -0.1) is 0 Å². The first-order chi connectivity index (χ1) is 9.15. The molecule has 1 N–H and O–H groups in total. The van der Waals surface area contributed by atoms with E-state index in [0.29, 0.717) is 18.1 Å². The van der Waals surface area contributed by atoms with Crippen LogP contribution in [0.5, 0.6) is 5.75 Å². The number of furan rings is 1. The number of ether oxygens (including phenoxy) is 1. The van der Waals surface area contributed by atoms with E-state index in [9.17, 15) is 0 Å². The monoisotopic (exact) mass is 259 g/mol. The molecule has 102 valence electrons. The first kappa shape index (κ1) is 12.5. The molecule has 0 radical (unpaired) electrons. The number of nitrogens with one attached hydrogen (secondary N) is 1. The molecule has 3 heteroatoms. The summed E-state index contributed by atoms with van der Waals surface area (Å²) in [5, 5.41) is 4.40. The molecule has 0 spiro atoms. The van der Waals surface area contributed by atoms with E-state index in [1.807, 2.05) is 19.2 Å². The average Bonchev–Trinajstić information content (AvgIpc) is 2.76. The second-order valence-corrected chi connectivity index (χ2v) is 5.70. The zero-order valence-corrected chi connectivity index (χ0v) is 11.8. The maximum atomic E-state index is 5.98. The van der Waals surface area contributed by atoms with Gasteiger partial charge in [0.05, 0.1) is 0 Å². The number of rotatable bonds is 4. The van der Waals surface area contributed by atoms with Gasteiger partial charge in [0.25, 0.3) is 0 Å². The molecule has 0 bridgehead atoms. The van der Waals surface area contributed by atoms with Crippen molar-refractivity contribution in [3.05, 3.63) is 30.0 Å². The third-order valence-corrected chi connectivity index (χ3v) is 3.88. The predicted octanol–water partition coefficient (Wildman–Crippen LogP) is 3.69. The molecule has 0 amide bonds. The highest BCUT2D eigenvalue weighted by Crippen LogP contribution is 2.30. The van der Waals surface area contributed by atoms with Crippen molar-refractivity contribution >= 4 is 11.0 Å². The van der Waals surface area contributed by atoms with Gasteiger partial charge in [-0.2, -0.15) is 0 Å². The van der Waals surface area contributed by atoms with Crippen LogP contribution in [-0.4, -0.2) is 19.2 Å². The molecule has 2 aromatic rings. The van der Waals surface area contributed by atoms with Crippen molar-refractivity contribution in [2.75, 3.05) is 7.05 Å². The summed E-state index contributed by atoms with van der Waals surface area (Å²) in [4.78, 5) is 0. The molecule has 1 heterocycles. The summed E-state index contributed by atoms with van der Waals surface area (Å²) in [5.41, 5.74) is 0.942. The van der Waals surface area contributed by atoms with Crippen LogP contribution >= 0.6 is 0 Å². The quantitative estimate of drug-likeness (QED) is 0.909. The van der Waals surface area contributed by atoms with Crippen molar-refractivity contribution in [2.24, 2.45) is 0 Å². The minimum absolute atomic E-state index is 0.353. The lowest BCUT2D eigenvalue weighted by Crippen LogP contribution is -2.45. The molecule has 1 aliphatic rings. The molecular formula is C16H21NO2. The number of hydrogen-bond donors (Lipinski definition) is 1. The molecule has 3 nitrogen and oxygen atoms in total. The Hall–Kier alpha value is -1.48. The van der Waals surface area contributed by atoms with Crippen LogP contribution in [0.4, 0.5) is 0 Å². The van der Waals surface area contributed by atoms with Gasteiger partial charge in [-0.05, 0) is 44.2 Å². The fraction of sp³-hybridized carbons (Fsp3) is 0.500. The van der Waals surface area contributed by atoms with Crippen molar-refractivity contribution in [1.82, 2.24) is 5.32 Å². The molecule has 0 unspecified atom stereocenters. The van der Waals surface area contributed by atoms with Crippen molar-refractivity contribution < 1.29 is 9.15 Å². The lowest BCUT2D eigenvalue weighted by atomic mass is 9.89. The average molecular weight is 259 g/mol. The van der Waals surface area contributed by atoms with Gasteiger partial charge in [0.15, 0.2) is 0 Å². The van der Waals surface area contributed by atoms with Crippen LogP contribution in [0.1, 0.15) is 38.4 Å². The van der Waals surface area contributed by atoms with E-state index >= 15 is 0 Å². The fourth-order valence-electron chi connectivity index (χ4n) is 2.49. The third kappa shape index (κ3) is 2.47. The van der Waals surface area contributed by atoms with Crippen LogP contribution in [0.25, 0.3) is 11.0 Å². The van der Waals surface area contributed by atoms with Gasteiger partial charge in [0.2, 0.25) is 0 Å². The third-order valence-electron chi connectivity index (χ3n) is 3.88. The van der Waals surface area contributed by atoms with Crippen LogP contribution in [0, 0.1) is 0 Å². The van der Waals surface area contributed by atoms with Crippen molar-refractivity contribution in [3.63, 3.8) is 0 Å². The van der Waals surface area contributed by atoms with Crippen LogP contribution < -0.4 is 10.1 Å². The number of fused-ring (bicyclic) bond motifs is 1. The lowest BCUT2D eigenvalue weighted by molar-refractivity contribution is 0.0886. The van der Waals surface area contributed by atoms with Crippen LogP contribution in [0.15, 0.2) is 28.7 Å². The Labute approximate surface area is 113 Å². The Morgan fingerprint density at radius 1 is 1.26 bits per heavy atom. The summed E-state index contributed by atoms with van der Waals surface area (Å²) >= 11 is 0. The highest BCUT2D eigenvalue weighted by Gasteiger charge is 2.29. The zero-order chi connectivity index (χ0) is 13.4. The molecule has 0 atom stereocenters. The van der Waals surface area contributed by atoms with Crippen molar-refractivity contribution in [3.8, 4) is 5.75 Å². The van der Waals surface area contributed by atoms with E-state index in [0.717, 1.165) is 35.3 Å². The minimum Gasteiger partial charge on any atom is -0.490 e. The second kappa shape index (κ2) is 4.89. The van der Waals surface area contributed by atoms with E-state index in [2.05, 4.69) is 31.3 Å². The SMILES string of the molecule is CNC1CC(Oc2ccc3oc(C(C)C)cc3c2)C1. The second-order valence-electron chi connectivity index (χ2n) is 5.70. The van der Waals surface area contributed by atoms with Gasteiger partial charge < -0.3 is 14.5 Å². The van der Waals surface area contributed by atoms with Crippen LogP contribution in [-0.2, 0) is 0 Å². The highest BCUT2D eigenvalue weighted by atomic mass is 16.5. The smallest absolute Gasteiger partial charge is 0.134 e. The van der Waals surface area contributed by atoms with Crippen LogP contribution in [0.2, 0.25) is 0 Å². The van der Waals surface area contributed by atoms with Gasteiger partial charge in [-0.25, -0.2) is 0 Å². The van der Waals surface area contributed by atoms with Gasteiger partial charge in [-0.3, -0.25) is 0 Å². The first-order valence-electron chi connectivity index (χ1n) is 7.03. The maximum absolute atomic E-state index is 5.98. The molecule has 1 aliphatic carbocycles. The standard InChI is InChI=1S/C16H21NO2/c1-10(2)16-7-11-6-13(4-5-15(11)19-16)18-14-8-12(9-14)17-3/h4-7,10,12,14,17H,8-9H2,1-3H3. The molecule has 1 aromatic heterocycles. The Kier molecular flexibility index (Phi) is 3.23. The molecule has 3 rings (SSSR count). The van der Waals surface area contributed by atoms with E-state index in [1.165, 1.54) is 0 Å². The van der Waals surface area contributed by atoms with E-state index < -0.39 is 0 Å². The Bertz CT molecular complexity index is 567. The van der Waals surface area contributed by atoms with Crippen LogP contribution in [0.3, 0.4) is 0 Å². The molecule has 0 saturated heterocycles. The normalized spacial score (nSPS) is 22.7. The van der Waals surface area contributed by atoms with E-state index in [-0.39, 0.29) is 0 Å². The summed E-state index contributed by atoms with van der Waals surface area (Å²) in [6.45, 7) is 4.28. The Balaban J connectivity index is 1.74. The van der Waals surface area contributed by atoms with Gasteiger partial charge in [0, 0.05) is 17.3 Å². The fourth-order valence-corrected chi connectivity index (χ4v) is 2.49. The van der Waals surface area contributed by atoms with E-state index in [1.54, 1.807) is 0 Å². The summed E-state index contributed by atoms with van der Waals surface area (Å²) in [5.74, 6) is 2.40. The summed E-state index contributed by atoms with van der Waals surface area (Å²) < 4.78 is 11.8. The zero-order valence-electron chi connectivity index (χ0n) is 11.8.